The Morgan fingerprint density at radius 2 is 1.71 bits per heavy atom. The lowest BCUT2D eigenvalue weighted by Gasteiger charge is -2.13. The molecular formula is C25H18F3N5O2. The van der Waals surface area contributed by atoms with Gasteiger partial charge in [-0.2, -0.15) is 18.3 Å². The molecule has 0 radical (unpaired) electrons. The van der Waals surface area contributed by atoms with E-state index in [2.05, 4.69) is 20.4 Å². The molecule has 0 saturated carbocycles. The molecule has 10 heteroatoms. The number of anilines is 1. The van der Waals surface area contributed by atoms with Crippen molar-refractivity contribution in [1.82, 2.24) is 19.7 Å². The van der Waals surface area contributed by atoms with E-state index in [4.69, 9.17) is 4.74 Å². The SMILES string of the molecule is COc1ccc(-n2ncc(C(=O)Nc3ccc(-c4nc5ccccc5[nH]4)cc3)c2C(F)(F)F)cc1. The first-order valence-electron chi connectivity index (χ1n) is 10.5. The van der Waals surface area contributed by atoms with Crippen LogP contribution in [0.4, 0.5) is 18.9 Å². The van der Waals surface area contributed by atoms with Gasteiger partial charge in [-0.1, -0.05) is 12.1 Å². The summed E-state index contributed by atoms with van der Waals surface area (Å²) in [6.45, 7) is 0. The summed E-state index contributed by atoms with van der Waals surface area (Å²) in [5, 5.41) is 6.34. The van der Waals surface area contributed by atoms with E-state index >= 15 is 0 Å². The van der Waals surface area contributed by atoms with Crippen LogP contribution in [-0.2, 0) is 6.18 Å². The number of H-pyrrole nitrogens is 1. The fourth-order valence-electron chi connectivity index (χ4n) is 3.71. The number of methoxy groups -OCH3 is 1. The first kappa shape index (κ1) is 22.2. The number of amides is 1. The molecule has 2 N–H and O–H groups in total. The van der Waals surface area contributed by atoms with Crippen molar-refractivity contribution in [2.75, 3.05) is 12.4 Å². The third-order valence-electron chi connectivity index (χ3n) is 5.40. The largest absolute Gasteiger partial charge is 0.497 e. The molecule has 2 aromatic heterocycles. The zero-order chi connectivity index (χ0) is 24.6. The number of imidazole rings is 1. The quantitative estimate of drug-likeness (QED) is 0.340. The highest BCUT2D eigenvalue weighted by molar-refractivity contribution is 6.05. The number of rotatable bonds is 5. The Kier molecular flexibility index (Phi) is 5.48. The van der Waals surface area contributed by atoms with Gasteiger partial charge in [-0.15, -0.1) is 0 Å². The van der Waals surface area contributed by atoms with Crippen LogP contribution >= 0.6 is 0 Å². The van der Waals surface area contributed by atoms with Gasteiger partial charge in [0.2, 0.25) is 0 Å². The van der Waals surface area contributed by atoms with Gasteiger partial charge in [-0.05, 0) is 60.7 Å². The fraction of sp³-hybridized carbons (Fsp3) is 0.0800. The number of halogens is 3. The number of ether oxygens (including phenoxy) is 1. The number of hydrogen-bond acceptors (Lipinski definition) is 4. The summed E-state index contributed by atoms with van der Waals surface area (Å²) >= 11 is 0. The number of carbonyl (C=O) groups excluding carboxylic acids is 1. The Morgan fingerprint density at radius 1 is 1.00 bits per heavy atom. The molecule has 0 aliphatic heterocycles. The first-order valence-corrected chi connectivity index (χ1v) is 10.5. The molecule has 3 aromatic carbocycles. The van der Waals surface area contributed by atoms with Gasteiger partial charge in [0.1, 0.15) is 11.6 Å². The Hall–Kier alpha value is -4.60. The number of aromatic amines is 1. The summed E-state index contributed by atoms with van der Waals surface area (Å²) < 4.78 is 47.5. The van der Waals surface area contributed by atoms with Gasteiger partial charge in [0, 0.05) is 11.3 Å². The first-order chi connectivity index (χ1) is 16.8. The van der Waals surface area contributed by atoms with Crippen molar-refractivity contribution in [3.05, 3.63) is 90.3 Å². The molecule has 0 atom stereocenters. The average molecular weight is 477 g/mol. The zero-order valence-corrected chi connectivity index (χ0v) is 18.3. The van der Waals surface area contributed by atoms with Gasteiger partial charge in [0.15, 0.2) is 5.69 Å². The molecule has 0 bridgehead atoms. The van der Waals surface area contributed by atoms with Crippen LogP contribution in [0, 0.1) is 0 Å². The monoisotopic (exact) mass is 477 g/mol. The number of nitrogens with one attached hydrogen (secondary N) is 2. The summed E-state index contributed by atoms with van der Waals surface area (Å²) in [7, 11) is 1.45. The van der Waals surface area contributed by atoms with E-state index in [1.807, 2.05) is 24.3 Å². The van der Waals surface area contributed by atoms with E-state index < -0.39 is 23.3 Å². The van der Waals surface area contributed by atoms with Crippen molar-refractivity contribution < 1.29 is 22.7 Å². The van der Waals surface area contributed by atoms with Crippen LogP contribution < -0.4 is 10.1 Å². The Labute approximate surface area is 197 Å². The lowest BCUT2D eigenvalue weighted by Crippen LogP contribution is -2.20. The number of fused-ring (bicyclic) bond motifs is 1. The van der Waals surface area contributed by atoms with E-state index in [1.54, 1.807) is 24.3 Å². The van der Waals surface area contributed by atoms with E-state index in [0.29, 0.717) is 21.9 Å². The number of aromatic nitrogens is 4. The normalized spacial score (nSPS) is 11.5. The average Bonchev–Trinajstić information content (AvgIpc) is 3.49. The lowest BCUT2D eigenvalue weighted by atomic mass is 10.1. The highest BCUT2D eigenvalue weighted by Crippen LogP contribution is 2.34. The van der Waals surface area contributed by atoms with Gasteiger partial charge < -0.3 is 15.0 Å². The smallest absolute Gasteiger partial charge is 0.434 e. The molecule has 5 rings (SSSR count). The van der Waals surface area contributed by atoms with E-state index in [0.717, 1.165) is 22.8 Å². The van der Waals surface area contributed by atoms with E-state index in [-0.39, 0.29) is 5.69 Å². The molecule has 5 aromatic rings. The van der Waals surface area contributed by atoms with E-state index in [1.165, 1.54) is 31.4 Å². The third kappa shape index (κ3) is 4.33. The summed E-state index contributed by atoms with van der Waals surface area (Å²) in [5.41, 5.74) is 1.19. The second-order valence-corrected chi connectivity index (χ2v) is 7.65. The number of nitrogens with zero attached hydrogens (tertiary/aromatic N) is 3. The molecule has 1 amide bonds. The van der Waals surface area contributed by atoms with Crippen molar-refractivity contribution in [3.63, 3.8) is 0 Å². The van der Waals surface area contributed by atoms with Crippen LogP contribution in [0.5, 0.6) is 5.75 Å². The molecule has 0 spiro atoms. The highest BCUT2D eigenvalue weighted by Gasteiger charge is 2.40. The van der Waals surface area contributed by atoms with Gasteiger partial charge in [0.25, 0.3) is 5.91 Å². The van der Waals surface area contributed by atoms with Gasteiger partial charge in [0.05, 0.1) is 35.6 Å². The van der Waals surface area contributed by atoms with Crippen molar-refractivity contribution >= 4 is 22.6 Å². The second-order valence-electron chi connectivity index (χ2n) is 7.65. The minimum absolute atomic E-state index is 0.146. The molecule has 35 heavy (non-hydrogen) atoms. The number of benzene rings is 3. The molecule has 176 valence electrons. The number of para-hydroxylation sites is 2. The van der Waals surface area contributed by atoms with Crippen LogP contribution in [0.3, 0.4) is 0 Å². The van der Waals surface area contributed by atoms with Crippen molar-refractivity contribution in [1.29, 1.82) is 0 Å². The number of carbonyl (C=O) groups is 1. The van der Waals surface area contributed by atoms with Crippen molar-refractivity contribution in [2.45, 2.75) is 6.18 Å². The predicted octanol–water partition coefficient (Wildman–Crippen LogP) is 5.70. The minimum atomic E-state index is -4.81. The molecule has 2 heterocycles. The summed E-state index contributed by atoms with van der Waals surface area (Å²) in [5.74, 6) is 0.205. The highest BCUT2D eigenvalue weighted by atomic mass is 19.4. The van der Waals surface area contributed by atoms with Crippen LogP contribution in [0.25, 0.3) is 28.1 Å². The third-order valence-corrected chi connectivity index (χ3v) is 5.40. The Bertz CT molecular complexity index is 1470. The summed E-state index contributed by atoms with van der Waals surface area (Å²) in [4.78, 5) is 20.5. The van der Waals surface area contributed by atoms with Gasteiger partial charge in [-0.3, -0.25) is 4.79 Å². The number of alkyl halides is 3. The fourth-order valence-corrected chi connectivity index (χ4v) is 3.71. The van der Waals surface area contributed by atoms with Gasteiger partial charge in [-0.25, -0.2) is 9.67 Å². The summed E-state index contributed by atoms with van der Waals surface area (Å²) in [6.07, 6.45) is -3.90. The Balaban J connectivity index is 1.40. The van der Waals surface area contributed by atoms with Crippen LogP contribution in [0.15, 0.2) is 79.0 Å². The molecule has 0 fully saturated rings. The molecule has 0 unspecified atom stereocenters. The molecular weight excluding hydrogens is 459 g/mol. The van der Waals surface area contributed by atoms with Crippen LogP contribution in [0.2, 0.25) is 0 Å². The maximum absolute atomic E-state index is 13.9. The zero-order valence-electron chi connectivity index (χ0n) is 18.3. The molecule has 0 aliphatic carbocycles. The van der Waals surface area contributed by atoms with E-state index in [9.17, 15) is 18.0 Å². The predicted molar refractivity (Wildman–Crippen MR) is 125 cm³/mol. The molecule has 0 saturated heterocycles. The van der Waals surface area contributed by atoms with Gasteiger partial charge >= 0.3 is 6.18 Å². The minimum Gasteiger partial charge on any atom is -0.497 e. The topological polar surface area (TPSA) is 84.8 Å². The van der Waals surface area contributed by atoms with Crippen molar-refractivity contribution in [3.8, 4) is 22.8 Å². The van der Waals surface area contributed by atoms with Crippen molar-refractivity contribution in [2.24, 2.45) is 0 Å². The standard InChI is InChI=1S/C25H18F3N5O2/c1-35-18-12-10-17(11-13-18)33-22(25(26,27)28)19(14-29-33)24(34)30-16-8-6-15(7-9-16)23-31-20-4-2-3-5-21(20)32-23/h2-14H,1H3,(H,30,34)(H,31,32). The van der Waals surface area contributed by atoms with Crippen LogP contribution in [0.1, 0.15) is 16.1 Å². The maximum atomic E-state index is 13.9. The Morgan fingerprint density at radius 3 is 2.37 bits per heavy atom. The van der Waals surface area contributed by atoms with Crippen LogP contribution in [-0.4, -0.2) is 32.8 Å². The summed E-state index contributed by atoms with van der Waals surface area (Å²) in [6, 6.07) is 20.1. The maximum Gasteiger partial charge on any atom is 0.434 e. The number of hydrogen-bond donors (Lipinski definition) is 2. The lowest BCUT2D eigenvalue weighted by molar-refractivity contribution is -0.143. The second kappa shape index (κ2) is 8.64. The molecule has 7 nitrogen and oxygen atoms in total. The molecule has 0 aliphatic rings.